The molecular formula is C20H25N3O4S. The van der Waals surface area contributed by atoms with Crippen LogP contribution in [0.1, 0.15) is 25.3 Å². The molecule has 1 aliphatic heterocycles. The van der Waals surface area contributed by atoms with Gasteiger partial charge in [-0.15, -0.1) is 0 Å². The number of nitrogens with one attached hydrogen (secondary N) is 1. The van der Waals surface area contributed by atoms with E-state index in [2.05, 4.69) is 17.2 Å². The van der Waals surface area contributed by atoms with Gasteiger partial charge in [0.25, 0.3) is 5.91 Å². The number of aromatic nitrogens is 1. The fourth-order valence-corrected chi connectivity index (χ4v) is 4.45. The van der Waals surface area contributed by atoms with Gasteiger partial charge in [-0.1, -0.05) is 6.92 Å². The van der Waals surface area contributed by atoms with Crippen LogP contribution in [0.25, 0.3) is 0 Å². The van der Waals surface area contributed by atoms with Crippen LogP contribution in [-0.2, 0) is 21.4 Å². The van der Waals surface area contributed by atoms with Gasteiger partial charge in [0, 0.05) is 32.0 Å². The Bertz CT molecular complexity index is 877. The summed E-state index contributed by atoms with van der Waals surface area (Å²) in [6.45, 7) is 3.51. The maximum atomic E-state index is 12.7. The molecule has 1 amide bonds. The monoisotopic (exact) mass is 403 g/mol. The Hall–Kier alpha value is -2.45. The van der Waals surface area contributed by atoms with Gasteiger partial charge in [-0.25, -0.2) is 8.42 Å². The molecule has 150 valence electrons. The molecule has 0 atom stereocenters. The summed E-state index contributed by atoms with van der Waals surface area (Å²) < 4.78 is 32.4. The number of piperidine rings is 1. The van der Waals surface area contributed by atoms with E-state index in [0.29, 0.717) is 31.3 Å². The maximum Gasteiger partial charge on any atom is 0.258 e. The average molecular weight is 404 g/mol. The van der Waals surface area contributed by atoms with E-state index in [1.807, 2.05) is 12.1 Å². The first-order chi connectivity index (χ1) is 13.4. The van der Waals surface area contributed by atoms with Crippen LogP contribution in [0.2, 0.25) is 0 Å². The van der Waals surface area contributed by atoms with E-state index in [1.165, 1.54) is 16.4 Å². The number of pyridine rings is 1. The quantitative estimate of drug-likeness (QED) is 0.766. The second-order valence-electron chi connectivity index (χ2n) is 6.98. The molecule has 0 unspecified atom stereocenters. The van der Waals surface area contributed by atoms with Crippen molar-refractivity contribution >= 4 is 15.9 Å². The zero-order valence-corrected chi connectivity index (χ0v) is 16.7. The minimum atomic E-state index is -3.48. The van der Waals surface area contributed by atoms with Crippen molar-refractivity contribution in [3.63, 3.8) is 0 Å². The lowest BCUT2D eigenvalue weighted by molar-refractivity contribution is -0.123. The van der Waals surface area contributed by atoms with Crippen LogP contribution >= 0.6 is 0 Å². The summed E-state index contributed by atoms with van der Waals surface area (Å²) in [5.74, 6) is 0.758. The highest BCUT2D eigenvalue weighted by Crippen LogP contribution is 2.24. The van der Waals surface area contributed by atoms with E-state index in [0.717, 1.165) is 18.4 Å². The van der Waals surface area contributed by atoms with Gasteiger partial charge in [0.2, 0.25) is 10.0 Å². The Balaban J connectivity index is 1.50. The van der Waals surface area contributed by atoms with E-state index in [1.54, 1.807) is 24.5 Å². The summed E-state index contributed by atoms with van der Waals surface area (Å²) in [5.41, 5.74) is 0.949. The molecule has 0 bridgehead atoms. The van der Waals surface area contributed by atoms with Crippen LogP contribution in [0.3, 0.4) is 0 Å². The number of carbonyl (C=O) groups excluding carboxylic acids is 1. The number of rotatable bonds is 7. The van der Waals surface area contributed by atoms with Gasteiger partial charge in [0.1, 0.15) is 5.75 Å². The third-order valence-corrected chi connectivity index (χ3v) is 6.73. The van der Waals surface area contributed by atoms with Crippen molar-refractivity contribution in [1.29, 1.82) is 0 Å². The van der Waals surface area contributed by atoms with Gasteiger partial charge >= 0.3 is 0 Å². The molecule has 7 nitrogen and oxygen atoms in total. The number of hydrogen-bond acceptors (Lipinski definition) is 5. The number of sulfonamides is 1. The number of amides is 1. The summed E-state index contributed by atoms with van der Waals surface area (Å²) in [6.07, 6.45) is 5.10. The Kier molecular flexibility index (Phi) is 6.64. The third-order valence-electron chi connectivity index (χ3n) is 4.81. The number of nitrogens with zero attached hydrogens (tertiary/aromatic N) is 2. The smallest absolute Gasteiger partial charge is 0.258 e. The van der Waals surface area contributed by atoms with Crippen LogP contribution < -0.4 is 10.1 Å². The molecular weight excluding hydrogens is 378 g/mol. The van der Waals surface area contributed by atoms with Crippen molar-refractivity contribution in [3.05, 3.63) is 54.4 Å². The summed E-state index contributed by atoms with van der Waals surface area (Å²) in [6, 6.07) is 9.85. The molecule has 1 N–H and O–H groups in total. The Morgan fingerprint density at radius 1 is 1.14 bits per heavy atom. The molecule has 0 radical (unpaired) electrons. The molecule has 1 aromatic heterocycles. The molecule has 3 rings (SSSR count). The average Bonchev–Trinajstić information content (AvgIpc) is 2.72. The van der Waals surface area contributed by atoms with Gasteiger partial charge < -0.3 is 10.1 Å². The third kappa shape index (κ3) is 5.30. The summed E-state index contributed by atoms with van der Waals surface area (Å²) in [5, 5.41) is 2.76. The molecule has 2 heterocycles. The van der Waals surface area contributed by atoms with E-state index < -0.39 is 10.0 Å². The highest BCUT2D eigenvalue weighted by molar-refractivity contribution is 7.89. The lowest BCUT2D eigenvalue weighted by Gasteiger charge is -2.29. The standard InChI is InChI=1S/C20H25N3O4S/c1-16-8-12-23(13-9-16)28(25,26)19-4-2-18(3-5-19)27-15-20(24)22-14-17-6-10-21-11-7-17/h2-7,10-11,16H,8-9,12-15H2,1H3,(H,22,24). The van der Waals surface area contributed by atoms with Crippen LogP contribution in [0.4, 0.5) is 0 Å². The van der Waals surface area contributed by atoms with E-state index in [9.17, 15) is 13.2 Å². The summed E-state index contributed by atoms with van der Waals surface area (Å²) in [7, 11) is -3.48. The predicted molar refractivity (Wildman–Crippen MR) is 105 cm³/mol. The van der Waals surface area contributed by atoms with Crippen LogP contribution in [0.5, 0.6) is 5.75 Å². The molecule has 1 aliphatic rings. The highest BCUT2D eigenvalue weighted by Gasteiger charge is 2.27. The van der Waals surface area contributed by atoms with Crippen LogP contribution in [-0.4, -0.2) is 43.3 Å². The molecule has 1 aromatic carbocycles. The van der Waals surface area contributed by atoms with E-state index >= 15 is 0 Å². The van der Waals surface area contributed by atoms with Crippen molar-refractivity contribution in [2.75, 3.05) is 19.7 Å². The zero-order chi connectivity index (χ0) is 20.0. The van der Waals surface area contributed by atoms with Gasteiger partial charge in [-0.2, -0.15) is 4.31 Å². The molecule has 0 aliphatic carbocycles. The molecule has 1 fully saturated rings. The normalized spacial score (nSPS) is 15.9. The molecule has 0 spiro atoms. The van der Waals surface area contributed by atoms with Gasteiger partial charge in [-0.05, 0) is 60.7 Å². The summed E-state index contributed by atoms with van der Waals surface area (Å²) in [4.78, 5) is 16.1. The van der Waals surface area contributed by atoms with Crippen molar-refractivity contribution in [3.8, 4) is 5.75 Å². The second kappa shape index (κ2) is 9.16. The van der Waals surface area contributed by atoms with E-state index in [4.69, 9.17) is 4.74 Å². The lowest BCUT2D eigenvalue weighted by Crippen LogP contribution is -2.37. The van der Waals surface area contributed by atoms with Gasteiger partial charge in [-0.3, -0.25) is 9.78 Å². The lowest BCUT2D eigenvalue weighted by atomic mass is 10.0. The first kappa shape index (κ1) is 20.3. The number of benzene rings is 1. The Morgan fingerprint density at radius 2 is 1.79 bits per heavy atom. The fourth-order valence-electron chi connectivity index (χ4n) is 2.98. The Morgan fingerprint density at radius 3 is 2.43 bits per heavy atom. The van der Waals surface area contributed by atoms with Gasteiger partial charge in [0.15, 0.2) is 6.61 Å². The van der Waals surface area contributed by atoms with Crippen molar-refractivity contribution in [1.82, 2.24) is 14.6 Å². The van der Waals surface area contributed by atoms with Crippen molar-refractivity contribution < 1.29 is 17.9 Å². The number of carbonyl (C=O) groups is 1. The number of ether oxygens (including phenoxy) is 1. The van der Waals surface area contributed by atoms with Crippen molar-refractivity contribution in [2.24, 2.45) is 5.92 Å². The maximum absolute atomic E-state index is 12.7. The predicted octanol–water partition coefficient (Wildman–Crippen LogP) is 2.20. The fraction of sp³-hybridized carbons (Fsp3) is 0.400. The largest absolute Gasteiger partial charge is 0.484 e. The topological polar surface area (TPSA) is 88.6 Å². The second-order valence-corrected chi connectivity index (χ2v) is 8.92. The molecule has 2 aromatic rings. The SMILES string of the molecule is CC1CCN(S(=O)(=O)c2ccc(OCC(=O)NCc3ccncc3)cc2)CC1. The zero-order valence-electron chi connectivity index (χ0n) is 15.9. The first-order valence-corrected chi connectivity index (χ1v) is 10.8. The van der Waals surface area contributed by atoms with Crippen LogP contribution in [0, 0.1) is 5.92 Å². The molecule has 28 heavy (non-hydrogen) atoms. The molecule has 0 saturated carbocycles. The minimum absolute atomic E-state index is 0.138. The first-order valence-electron chi connectivity index (χ1n) is 9.34. The van der Waals surface area contributed by atoms with E-state index in [-0.39, 0.29) is 17.4 Å². The molecule has 8 heteroatoms. The van der Waals surface area contributed by atoms with Gasteiger partial charge in [0.05, 0.1) is 4.90 Å². The number of hydrogen-bond donors (Lipinski definition) is 1. The van der Waals surface area contributed by atoms with Crippen LogP contribution in [0.15, 0.2) is 53.7 Å². The van der Waals surface area contributed by atoms with Crippen molar-refractivity contribution in [2.45, 2.75) is 31.2 Å². The highest BCUT2D eigenvalue weighted by atomic mass is 32.2. The molecule has 1 saturated heterocycles. The Labute approximate surface area is 165 Å². The summed E-state index contributed by atoms with van der Waals surface area (Å²) >= 11 is 0. The minimum Gasteiger partial charge on any atom is -0.484 e.